The van der Waals surface area contributed by atoms with E-state index >= 15 is 0 Å². The van der Waals surface area contributed by atoms with Gasteiger partial charge < -0.3 is 14.6 Å². The topological polar surface area (TPSA) is 38.7 Å². The Morgan fingerprint density at radius 2 is 2.17 bits per heavy atom. The minimum absolute atomic E-state index is 0.133. The summed E-state index contributed by atoms with van der Waals surface area (Å²) in [5.74, 6) is -0.476. The summed E-state index contributed by atoms with van der Waals surface area (Å²) in [7, 11) is 0. The lowest BCUT2D eigenvalue weighted by Gasteiger charge is -2.28. The van der Waals surface area contributed by atoms with Crippen LogP contribution in [-0.2, 0) is 9.47 Å². The van der Waals surface area contributed by atoms with Crippen molar-refractivity contribution in [3.05, 3.63) is 11.6 Å². The lowest BCUT2D eigenvalue weighted by molar-refractivity contribution is -0.126. The molecule has 0 aromatic heterocycles. The van der Waals surface area contributed by atoms with Gasteiger partial charge in [-0.3, -0.25) is 0 Å². The third-order valence-corrected chi connectivity index (χ3v) is 2.43. The second-order valence-electron chi connectivity index (χ2n) is 3.32. The zero-order chi connectivity index (χ0) is 8.44. The number of hydrogen-bond donors (Lipinski definition) is 1. The van der Waals surface area contributed by atoms with Gasteiger partial charge in [0.1, 0.15) is 0 Å². The predicted octanol–water partition coefficient (Wildman–Crippen LogP) is 0.832. The first-order chi connectivity index (χ1) is 5.85. The molecule has 3 nitrogen and oxygen atoms in total. The molecule has 0 bridgehead atoms. The van der Waals surface area contributed by atoms with Crippen molar-refractivity contribution in [2.24, 2.45) is 0 Å². The van der Waals surface area contributed by atoms with Crippen LogP contribution in [0.15, 0.2) is 11.6 Å². The number of aliphatic hydroxyl groups is 1. The molecule has 1 saturated heterocycles. The average molecular weight is 170 g/mol. The van der Waals surface area contributed by atoms with E-state index in [2.05, 4.69) is 0 Å². The summed E-state index contributed by atoms with van der Waals surface area (Å²) < 4.78 is 11.0. The van der Waals surface area contributed by atoms with Gasteiger partial charge in [-0.2, -0.15) is 0 Å². The summed E-state index contributed by atoms with van der Waals surface area (Å²) >= 11 is 0. The Hall–Kier alpha value is -0.380. The van der Waals surface area contributed by atoms with E-state index in [-0.39, 0.29) is 6.61 Å². The van der Waals surface area contributed by atoms with E-state index in [0.717, 1.165) is 24.8 Å². The summed E-state index contributed by atoms with van der Waals surface area (Å²) in [5, 5.41) is 8.96. The van der Waals surface area contributed by atoms with Crippen molar-refractivity contribution in [2.75, 3.05) is 19.8 Å². The molecule has 12 heavy (non-hydrogen) atoms. The molecule has 0 unspecified atom stereocenters. The van der Waals surface area contributed by atoms with Gasteiger partial charge >= 0.3 is 0 Å². The molecule has 3 heteroatoms. The van der Waals surface area contributed by atoms with Gasteiger partial charge in [0.05, 0.1) is 19.8 Å². The molecule has 1 aliphatic carbocycles. The molecule has 0 aromatic carbocycles. The number of aliphatic hydroxyl groups excluding tert-OH is 1. The zero-order valence-electron chi connectivity index (χ0n) is 7.08. The molecule has 0 radical (unpaired) electrons. The summed E-state index contributed by atoms with van der Waals surface area (Å²) in [6, 6.07) is 0. The Balaban J connectivity index is 2.14. The van der Waals surface area contributed by atoms with E-state index in [1.807, 2.05) is 6.08 Å². The average Bonchev–Trinajstić information content (AvgIpc) is 2.53. The second-order valence-corrected chi connectivity index (χ2v) is 3.32. The van der Waals surface area contributed by atoms with Crippen LogP contribution < -0.4 is 0 Å². The first-order valence-corrected chi connectivity index (χ1v) is 4.44. The highest BCUT2D eigenvalue weighted by atomic mass is 16.7. The minimum atomic E-state index is -0.476. The number of rotatable bonds is 1. The molecule has 0 aromatic rings. The number of hydrogen-bond acceptors (Lipinski definition) is 3. The predicted molar refractivity (Wildman–Crippen MR) is 43.7 cm³/mol. The normalized spacial score (nSPS) is 27.6. The second kappa shape index (κ2) is 3.17. The Bertz CT molecular complexity index is 192. The molecule has 0 amide bonds. The van der Waals surface area contributed by atoms with Gasteiger partial charge in [-0.05, 0) is 24.5 Å². The monoisotopic (exact) mass is 170 g/mol. The summed E-state index contributed by atoms with van der Waals surface area (Å²) in [6.45, 7) is 1.49. The van der Waals surface area contributed by atoms with Crippen LogP contribution >= 0.6 is 0 Å². The Morgan fingerprint density at radius 1 is 1.42 bits per heavy atom. The van der Waals surface area contributed by atoms with Crippen molar-refractivity contribution in [1.29, 1.82) is 0 Å². The van der Waals surface area contributed by atoms with E-state index in [1.165, 1.54) is 0 Å². The van der Waals surface area contributed by atoms with Crippen LogP contribution in [0, 0.1) is 0 Å². The van der Waals surface area contributed by atoms with Gasteiger partial charge in [0.25, 0.3) is 0 Å². The third kappa shape index (κ3) is 1.40. The highest BCUT2D eigenvalue weighted by Crippen LogP contribution is 2.33. The van der Waals surface area contributed by atoms with Crippen LogP contribution in [0.4, 0.5) is 0 Å². The van der Waals surface area contributed by atoms with Crippen LogP contribution in [0.3, 0.4) is 0 Å². The molecule has 0 atom stereocenters. The standard InChI is InChI=1S/C9H14O3/c10-7-8-2-1-3-9(6-8)11-4-5-12-9/h6,10H,1-5,7H2. The van der Waals surface area contributed by atoms with Gasteiger partial charge in [-0.15, -0.1) is 0 Å². The van der Waals surface area contributed by atoms with Crippen molar-refractivity contribution in [1.82, 2.24) is 0 Å². The number of ether oxygens (including phenoxy) is 2. The highest BCUT2D eigenvalue weighted by Gasteiger charge is 2.36. The Labute approximate surface area is 72.0 Å². The molecule has 1 spiro atoms. The largest absolute Gasteiger partial charge is 0.392 e. The molecule has 1 heterocycles. The lowest BCUT2D eigenvalue weighted by Crippen LogP contribution is -2.30. The van der Waals surface area contributed by atoms with E-state index in [0.29, 0.717) is 13.2 Å². The molecule has 1 N–H and O–H groups in total. The quantitative estimate of drug-likeness (QED) is 0.592. The van der Waals surface area contributed by atoms with E-state index in [1.54, 1.807) is 0 Å². The summed E-state index contributed by atoms with van der Waals surface area (Å²) in [5.41, 5.74) is 1.04. The van der Waals surface area contributed by atoms with Gasteiger partial charge in [0, 0.05) is 6.42 Å². The Morgan fingerprint density at radius 3 is 2.83 bits per heavy atom. The van der Waals surface area contributed by atoms with Gasteiger partial charge in [0.15, 0.2) is 5.79 Å². The Kier molecular flexibility index (Phi) is 2.17. The summed E-state index contributed by atoms with van der Waals surface area (Å²) in [4.78, 5) is 0. The maximum absolute atomic E-state index is 8.96. The van der Waals surface area contributed by atoms with Crippen molar-refractivity contribution in [3.8, 4) is 0 Å². The molecule has 1 fully saturated rings. The first-order valence-electron chi connectivity index (χ1n) is 4.44. The molecule has 2 aliphatic rings. The SMILES string of the molecule is OCC1=CC2(CCC1)OCCO2. The van der Waals surface area contributed by atoms with Crippen molar-refractivity contribution >= 4 is 0 Å². The van der Waals surface area contributed by atoms with Crippen LogP contribution in [0.1, 0.15) is 19.3 Å². The third-order valence-electron chi connectivity index (χ3n) is 2.43. The molecule has 0 saturated carbocycles. The fourth-order valence-electron chi connectivity index (χ4n) is 1.84. The van der Waals surface area contributed by atoms with Crippen LogP contribution in [0.2, 0.25) is 0 Å². The maximum atomic E-state index is 8.96. The first kappa shape index (κ1) is 8.23. The van der Waals surface area contributed by atoms with Gasteiger partial charge in [-0.25, -0.2) is 0 Å². The van der Waals surface area contributed by atoms with Gasteiger partial charge in [0.2, 0.25) is 0 Å². The lowest BCUT2D eigenvalue weighted by atomic mass is 9.95. The van der Waals surface area contributed by atoms with Crippen LogP contribution in [-0.4, -0.2) is 30.7 Å². The molecular formula is C9H14O3. The van der Waals surface area contributed by atoms with Gasteiger partial charge in [-0.1, -0.05) is 0 Å². The van der Waals surface area contributed by atoms with E-state index < -0.39 is 5.79 Å². The highest BCUT2D eigenvalue weighted by molar-refractivity contribution is 5.13. The summed E-state index contributed by atoms with van der Waals surface area (Å²) in [6.07, 6.45) is 4.90. The fraction of sp³-hybridized carbons (Fsp3) is 0.778. The molecular weight excluding hydrogens is 156 g/mol. The van der Waals surface area contributed by atoms with E-state index in [9.17, 15) is 0 Å². The minimum Gasteiger partial charge on any atom is -0.392 e. The van der Waals surface area contributed by atoms with Crippen molar-refractivity contribution in [3.63, 3.8) is 0 Å². The van der Waals surface area contributed by atoms with Crippen molar-refractivity contribution in [2.45, 2.75) is 25.0 Å². The smallest absolute Gasteiger partial charge is 0.188 e. The van der Waals surface area contributed by atoms with Crippen molar-refractivity contribution < 1.29 is 14.6 Å². The van der Waals surface area contributed by atoms with E-state index in [4.69, 9.17) is 14.6 Å². The molecule has 2 rings (SSSR count). The fourth-order valence-corrected chi connectivity index (χ4v) is 1.84. The van der Waals surface area contributed by atoms with Crippen LogP contribution in [0.5, 0.6) is 0 Å². The molecule has 1 aliphatic heterocycles. The maximum Gasteiger partial charge on any atom is 0.188 e. The zero-order valence-corrected chi connectivity index (χ0v) is 7.08. The molecule has 68 valence electrons. The van der Waals surface area contributed by atoms with Crippen LogP contribution in [0.25, 0.3) is 0 Å².